The van der Waals surface area contributed by atoms with Crippen LogP contribution in [0.25, 0.3) is 0 Å². The predicted octanol–water partition coefficient (Wildman–Crippen LogP) is -0.353. The van der Waals surface area contributed by atoms with Crippen molar-refractivity contribution in [3.05, 3.63) is 0 Å². The van der Waals surface area contributed by atoms with E-state index in [0.29, 0.717) is 12.8 Å². The van der Waals surface area contributed by atoms with Crippen molar-refractivity contribution in [3.8, 4) is 0 Å². The molecule has 1 aliphatic rings. The van der Waals surface area contributed by atoms with E-state index in [-0.39, 0.29) is 23.8 Å². The minimum atomic E-state index is -3.10. The summed E-state index contributed by atoms with van der Waals surface area (Å²) in [5.74, 6) is -1.26. The van der Waals surface area contributed by atoms with E-state index >= 15 is 0 Å². The third kappa shape index (κ3) is 3.26. The van der Waals surface area contributed by atoms with E-state index in [1.807, 2.05) is 0 Å². The average Bonchev–Trinajstić information content (AvgIpc) is 2.00. The van der Waals surface area contributed by atoms with Gasteiger partial charge >= 0.3 is 5.97 Å². The highest BCUT2D eigenvalue weighted by Crippen LogP contribution is 2.23. The molecular weight excluding hydrogens is 208 g/mol. The Bertz CT molecular complexity index is 308. The van der Waals surface area contributed by atoms with Crippen LogP contribution in [0, 0.1) is 5.92 Å². The second kappa shape index (κ2) is 4.27. The molecule has 1 heterocycles. The standard InChI is InChI=1S/C8H14O5S/c9-7-5-14(12,13)4-3-6(7)1-2-8(10)11/h6-7,9H,1-5H2,(H,10,11)/t6-,7+/m0/s1. The first kappa shape index (κ1) is 11.5. The molecule has 0 aromatic rings. The first-order valence-corrected chi connectivity index (χ1v) is 6.33. The maximum absolute atomic E-state index is 11.1. The van der Waals surface area contributed by atoms with Crippen LogP contribution in [0.15, 0.2) is 0 Å². The van der Waals surface area contributed by atoms with Crippen LogP contribution in [0.4, 0.5) is 0 Å². The maximum Gasteiger partial charge on any atom is 0.303 e. The van der Waals surface area contributed by atoms with E-state index in [1.54, 1.807) is 0 Å². The van der Waals surface area contributed by atoms with Crippen LogP contribution in [-0.4, -0.2) is 42.2 Å². The van der Waals surface area contributed by atoms with E-state index in [9.17, 15) is 18.3 Å². The zero-order valence-electron chi connectivity index (χ0n) is 7.72. The molecule has 0 spiro atoms. The van der Waals surface area contributed by atoms with Gasteiger partial charge in [0, 0.05) is 6.42 Å². The highest BCUT2D eigenvalue weighted by Gasteiger charge is 2.31. The number of rotatable bonds is 3. The smallest absolute Gasteiger partial charge is 0.303 e. The summed E-state index contributed by atoms with van der Waals surface area (Å²) in [4.78, 5) is 10.3. The lowest BCUT2D eigenvalue weighted by atomic mass is 9.94. The van der Waals surface area contributed by atoms with Crippen molar-refractivity contribution >= 4 is 15.8 Å². The Kier molecular flexibility index (Phi) is 3.49. The molecule has 0 aromatic carbocycles. The lowest BCUT2D eigenvalue weighted by Gasteiger charge is -2.26. The van der Waals surface area contributed by atoms with Crippen molar-refractivity contribution in [2.75, 3.05) is 11.5 Å². The number of hydrogen-bond donors (Lipinski definition) is 2. The van der Waals surface area contributed by atoms with Crippen LogP contribution < -0.4 is 0 Å². The SMILES string of the molecule is O=C(O)CC[C@H]1CCS(=O)(=O)C[C@H]1O. The molecule has 5 nitrogen and oxygen atoms in total. The van der Waals surface area contributed by atoms with Crippen LogP contribution >= 0.6 is 0 Å². The van der Waals surface area contributed by atoms with Gasteiger partial charge in [-0.05, 0) is 18.8 Å². The molecule has 0 radical (unpaired) electrons. The predicted molar refractivity (Wildman–Crippen MR) is 49.6 cm³/mol. The number of carboxylic acid groups (broad SMARTS) is 1. The fourth-order valence-corrected chi connectivity index (χ4v) is 3.27. The van der Waals surface area contributed by atoms with E-state index in [4.69, 9.17) is 5.11 Å². The first-order valence-electron chi connectivity index (χ1n) is 4.51. The normalized spacial score (nSPS) is 31.2. The molecule has 0 amide bonds. The Morgan fingerprint density at radius 2 is 2.07 bits per heavy atom. The van der Waals surface area contributed by atoms with Crippen LogP contribution in [0.3, 0.4) is 0 Å². The molecule has 1 fully saturated rings. The molecule has 0 unspecified atom stereocenters. The molecule has 0 saturated carbocycles. The molecular formula is C8H14O5S. The minimum Gasteiger partial charge on any atom is -0.481 e. The Labute approximate surface area is 82.7 Å². The van der Waals surface area contributed by atoms with Crippen LogP contribution in [0.2, 0.25) is 0 Å². The first-order chi connectivity index (χ1) is 6.41. The zero-order chi connectivity index (χ0) is 10.8. The fraction of sp³-hybridized carbons (Fsp3) is 0.875. The van der Waals surface area contributed by atoms with Crippen LogP contribution in [0.5, 0.6) is 0 Å². The third-order valence-corrected chi connectivity index (χ3v) is 4.20. The Hall–Kier alpha value is -0.620. The molecule has 6 heteroatoms. The van der Waals surface area contributed by atoms with Gasteiger partial charge < -0.3 is 10.2 Å². The molecule has 1 aliphatic heterocycles. The van der Waals surface area contributed by atoms with Crippen LogP contribution in [-0.2, 0) is 14.6 Å². The van der Waals surface area contributed by atoms with Crippen molar-refractivity contribution < 1.29 is 23.4 Å². The van der Waals surface area contributed by atoms with Gasteiger partial charge in [0.25, 0.3) is 0 Å². The Morgan fingerprint density at radius 3 is 2.57 bits per heavy atom. The molecule has 1 rings (SSSR count). The number of aliphatic hydroxyl groups is 1. The van der Waals surface area contributed by atoms with Gasteiger partial charge in [-0.15, -0.1) is 0 Å². The quantitative estimate of drug-likeness (QED) is 0.680. The summed E-state index contributed by atoms with van der Waals surface area (Å²) in [6, 6.07) is 0. The average molecular weight is 222 g/mol. The van der Waals surface area contributed by atoms with Crippen molar-refractivity contribution in [1.82, 2.24) is 0 Å². The van der Waals surface area contributed by atoms with Gasteiger partial charge in [-0.25, -0.2) is 8.42 Å². The summed E-state index contributed by atoms with van der Waals surface area (Å²) in [6.45, 7) is 0. The van der Waals surface area contributed by atoms with Gasteiger partial charge in [0.05, 0.1) is 17.6 Å². The van der Waals surface area contributed by atoms with E-state index in [2.05, 4.69) is 0 Å². The lowest BCUT2D eigenvalue weighted by Crippen LogP contribution is -2.37. The second-order valence-electron chi connectivity index (χ2n) is 3.66. The van der Waals surface area contributed by atoms with Crippen molar-refractivity contribution in [3.63, 3.8) is 0 Å². The maximum atomic E-state index is 11.1. The number of hydrogen-bond acceptors (Lipinski definition) is 4. The molecule has 1 saturated heterocycles. The van der Waals surface area contributed by atoms with E-state index < -0.39 is 21.9 Å². The Balaban J connectivity index is 2.46. The number of carbonyl (C=O) groups is 1. The van der Waals surface area contributed by atoms with Gasteiger partial charge in [0.1, 0.15) is 0 Å². The van der Waals surface area contributed by atoms with Gasteiger partial charge in [0.2, 0.25) is 0 Å². The number of carboxylic acids is 1. The van der Waals surface area contributed by atoms with Gasteiger partial charge in [-0.2, -0.15) is 0 Å². The van der Waals surface area contributed by atoms with Crippen molar-refractivity contribution in [2.45, 2.75) is 25.4 Å². The van der Waals surface area contributed by atoms with E-state index in [1.165, 1.54) is 0 Å². The van der Waals surface area contributed by atoms with Gasteiger partial charge in [0.15, 0.2) is 9.84 Å². The monoisotopic (exact) mass is 222 g/mol. The van der Waals surface area contributed by atoms with E-state index in [0.717, 1.165) is 0 Å². The summed E-state index contributed by atoms with van der Waals surface area (Å²) in [7, 11) is -3.10. The molecule has 0 aromatic heterocycles. The fourth-order valence-electron chi connectivity index (χ4n) is 1.65. The lowest BCUT2D eigenvalue weighted by molar-refractivity contribution is -0.137. The molecule has 0 aliphatic carbocycles. The summed E-state index contributed by atoms with van der Waals surface area (Å²) >= 11 is 0. The molecule has 2 N–H and O–H groups in total. The second-order valence-corrected chi connectivity index (χ2v) is 5.89. The minimum absolute atomic E-state index is 0.0121. The zero-order valence-corrected chi connectivity index (χ0v) is 8.53. The summed E-state index contributed by atoms with van der Waals surface area (Å²) in [5.41, 5.74) is 0. The molecule has 2 atom stereocenters. The molecule has 0 bridgehead atoms. The summed E-state index contributed by atoms with van der Waals surface area (Å²) in [6.07, 6.45) is -0.182. The number of aliphatic carboxylic acids is 1. The summed E-state index contributed by atoms with van der Waals surface area (Å²) in [5, 5.41) is 17.9. The number of sulfone groups is 1. The van der Waals surface area contributed by atoms with Gasteiger partial charge in [-0.3, -0.25) is 4.79 Å². The molecule has 82 valence electrons. The van der Waals surface area contributed by atoms with Crippen molar-refractivity contribution in [2.24, 2.45) is 5.92 Å². The topological polar surface area (TPSA) is 91.7 Å². The summed E-state index contributed by atoms with van der Waals surface area (Å²) < 4.78 is 22.1. The highest BCUT2D eigenvalue weighted by molar-refractivity contribution is 7.91. The van der Waals surface area contributed by atoms with Crippen molar-refractivity contribution in [1.29, 1.82) is 0 Å². The highest BCUT2D eigenvalue weighted by atomic mass is 32.2. The van der Waals surface area contributed by atoms with Gasteiger partial charge in [-0.1, -0.05) is 0 Å². The largest absolute Gasteiger partial charge is 0.481 e. The number of aliphatic hydroxyl groups excluding tert-OH is 1. The third-order valence-electron chi connectivity index (χ3n) is 2.50. The molecule has 14 heavy (non-hydrogen) atoms. The Morgan fingerprint density at radius 1 is 1.43 bits per heavy atom. The van der Waals surface area contributed by atoms with Crippen LogP contribution in [0.1, 0.15) is 19.3 Å².